The Balaban J connectivity index is 0.00000180. The minimum absolute atomic E-state index is 0. The van der Waals surface area contributed by atoms with Crippen LogP contribution in [0, 0.1) is 17.8 Å². The predicted octanol–water partition coefficient (Wildman–Crippen LogP) is 2.74. The van der Waals surface area contributed by atoms with E-state index in [2.05, 4.69) is 17.6 Å². The molecule has 4 heteroatoms. The van der Waals surface area contributed by atoms with Gasteiger partial charge < -0.3 is 10.6 Å². The summed E-state index contributed by atoms with van der Waals surface area (Å²) in [5.74, 6) is 2.24. The van der Waals surface area contributed by atoms with Crippen molar-refractivity contribution in [1.82, 2.24) is 10.6 Å². The van der Waals surface area contributed by atoms with E-state index in [0.717, 1.165) is 44.3 Å². The normalized spacial score (nSPS) is 28.5. The average molecular weight is 289 g/mol. The molecule has 112 valence electrons. The SMILES string of the molecule is CCC1CCC(CNC(=O)C2CCNCC2)CC1.Cl. The summed E-state index contributed by atoms with van der Waals surface area (Å²) < 4.78 is 0. The molecule has 0 atom stereocenters. The maximum Gasteiger partial charge on any atom is 0.223 e. The van der Waals surface area contributed by atoms with E-state index in [-0.39, 0.29) is 18.3 Å². The molecule has 0 aromatic heterocycles. The summed E-state index contributed by atoms with van der Waals surface area (Å²) in [6, 6.07) is 0. The van der Waals surface area contributed by atoms with Gasteiger partial charge in [-0.25, -0.2) is 0 Å². The lowest BCUT2D eigenvalue weighted by atomic mass is 9.81. The molecule has 1 aliphatic carbocycles. The predicted molar refractivity (Wildman–Crippen MR) is 81.6 cm³/mol. The lowest BCUT2D eigenvalue weighted by Gasteiger charge is -2.29. The molecule has 2 aliphatic rings. The first kappa shape index (κ1) is 16.8. The second-order valence-corrected chi connectivity index (χ2v) is 6.06. The number of halogens is 1. The third-order valence-corrected chi connectivity index (χ3v) is 4.82. The summed E-state index contributed by atoms with van der Waals surface area (Å²) >= 11 is 0. The smallest absolute Gasteiger partial charge is 0.223 e. The van der Waals surface area contributed by atoms with E-state index >= 15 is 0 Å². The summed E-state index contributed by atoms with van der Waals surface area (Å²) in [7, 11) is 0. The summed E-state index contributed by atoms with van der Waals surface area (Å²) in [6.45, 7) is 5.21. The number of hydrogen-bond acceptors (Lipinski definition) is 2. The maximum absolute atomic E-state index is 12.0. The van der Waals surface area contributed by atoms with Gasteiger partial charge in [0.1, 0.15) is 0 Å². The van der Waals surface area contributed by atoms with E-state index < -0.39 is 0 Å². The molecular formula is C15H29ClN2O. The van der Waals surface area contributed by atoms with Crippen molar-refractivity contribution in [2.24, 2.45) is 17.8 Å². The lowest BCUT2D eigenvalue weighted by molar-refractivity contribution is -0.126. The minimum atomic E-state index is 0. The van der Waals surface area contributed by atoms with Crippen molar-refractivity contribution in [3.63, 3.8) is 0 Å². The Labute approximate surface area is 123 Å². The van der Waals surface area contributed by atoms with Gasteiger partial charge in [-0.2, -0.15) is 0 Å². The van der Waals surface area contributed by atoms with Crippen molar-refractivity contribution < 1.29 is 4.79 Å². The van der Waals surface area contributed by atoms with Crippen molar-refractivity contribution in [2.45, 2.75) is 51.9 Å². The Bertz CT molecular complexity index is 259. The topological polar surface area (TPSA) is 41.1 Å². The van der Waals surface area contributed by atoms with Crippen LogP contribution in [0.4, 0.5) is 0 Å². The molecular weight excluding hydrogens is 260 g/mol. The molecule has 2 fully saturated rings. The van der Waals surface area contributed by atoms with Gasteiger partial charge in [0.05, 0.1) is 0 Å². The maximum atomic E-state index is 12.0. The quantitative estimate of drug-likeness (QED) is 0.835. The van der Waals surface area contributed by atoms with E-state index in [1.807, 2.05) is 0 Å². The molecule has 1 aliphatic heterocycles. The molecule has 0 aromatic rings. The molecule has 1 saturated heterocycles. The highest BCUT2D eigenvalue weighted by Gasteiger charge is 2.23. The Morgan fingerprint density at radius 1 is 1.05 bits per heavy atom. The van der Waals surface area contributed by atoms with E-state index in [0.29, 0.717) is 5.91 Å². The van der Waals surface area contributed by atoms with Gasteiger partial charge in [-0.3, -0.25) is 4.79 Å². The molecule has 3 nitrogen and oxygen atoms in total. The molecule has 2 N–H and O–H groups in total. The second kappa shape index (κ2) is 8.80. The highest BCUT2D eigenvalue weighted by molar-refractivity contribution is 5.85. The van der Waals surface area contributed by atoms with E-state index in [1.165, 1.54) is 32.1 Å². The van der Waals surface area contributed by atoms with Gasteiger partial charge in [0.25, 0.3) is 0 Å². The van der Waals surface area contributed by atoms with Gasteiger partial charge >= 0.3 is 0 Å². The Hall–Kier alpha value is -0.280. The minimum Gasteiger partial charge on any atom is -0.356 e. The van der Waals surface area contributed by atoms with E-state index in [9.17, 15) is 4.79 Å². The van der Waals surface area contributed by atoms with Crippen LogP contribution in [0.1, 0.15) is 51.9 Å². The fourth-order valence-corrected chi connectivity index (χ4v) is 3.32. The third kappa shape index (κ3) is 5.31. The van der Waals surface area contributed by atoms with Gasteiger partial charge in [-0.15, -0.1) is 12.4 Å². The number of amides is 1. The molecule has 19 heavy (non-hydrogen) atoms. The number of hydrogen-bond donors (Lipinski definition) is 2. The lowest BCUT2D eigenvalue weighted by Crippen LogP contribution is -2.40. The molecule has 0 radical (unpaired) electrons. The molecule has 0 aromatic carbocycles. The standard InChI is InChI=1S/C15H28N2O.ClH/c1-2-12-3-5-13(6-4-12)11-17-15(18)14-7-9-16-10-8-14;/h12-14,16H,2-11H2,1H3,(H,17,18);1H. The van der Waals surface area contributed by atoms with Gasteiger partial charge in [0.2, 0.25) is 5.91 Å². The van der Waals surface area contributed by atoms with Crippen LogP contribution in [0.2, 0.25) is 0 Å². The van der Waals surface area contributed by atoms with Crippen LogP contribution >= 0.6 is 12.4 Å². The number of carbonyl (C=O) groups is 1. The van der Waals surface area contributed by atoms with E-state index in [1.54, 1.807) is 0 Å². The van der Waals surface area contributed by atoms with Crippen LogP contribution < -0.4 is 10.6 Å². The first-order valence-electron chi connectivity index (χ1n) is 7.78. The third-order valence-electron chi connectivity index (χ3n) is 4.82. The highest BCUT2D eigenvalue weighted by atomic mass is 35.5. The number of nitrogens with one attached hydrogen (secondary N) is 2. The van der Waals surface area contributed by atoms with E-state index in [4.69, 9.17) is 0 Å². The molecule has 0 unspecified atom stereocenters. The summed E-state index contributed by atoms with van der Waals surface area (Å²) in [4.78, 5) is 12.0. The highest BCUT2D eigenvalue weighted by Crippen LogP contribution is 2.30. The monoisotopic (exact) mass is 288 g/mol. The Kier molecular flexibility index (Phi) is 7.77. The van der Waals surface area contributed by atoms with Gasteiger partial charge in [-0.1, -0.05) is 26.2 Å². The van der Waals surface area contributed by atoms with Crippen molar-refractivity contribution in [1.29, 1.82) is 0 Å². The van der Waals surface area contributed by atoms with Crippen LogP contribution in [0.3, 0.4) is 0 Å². The summed E-state index contributed by atoms with van der Waals surface area (Å²) in [5.41, 5.74) is 0. The summed E-state index contributed by atoms with van der Waals surface area (Å²) in [6.07, 6.45) is 8.70. The number of rotatable bonds is 4. The van der Waals surface area contributed by atoms with Gasteiger partial charge in [0, 0.05) is 12.5 Å². The van der Waals surface area contributed by atoms with Crippen LogP contribution in [0.25, 0.3) is 0 Å². The molecule has 2 rings (SSSR count). The zero-order chi connectivity index (χ0) is 12.8. The van der Waals surface area contributed by atoms with Crippen LogP contribution in [0.5, 0.6) is 0 Å². The fourth-order valence-electron chi connectivity index (χ4n) is 3.32. The van der Waals surface area contributed by atoms with Crippen molar-refractivity contribution in [3.8, 4) is 0 Å². The summed E-state index contributed by atoms with van der Waals surface area (Å²) in [5, 5.41) is 6.49. The molecule has 1 amide bonds. The molecule has 0 spiro atoms. The second-order valence-electron chi connectivity index (χ2n) is 6.06. The van der Waals surface area contributed by atoms with Crippen molar-refractivity contribution in [2.75, 3.05) is 19.6 Å². The first-order chi connectivity index (χ1) is 8.79. The van der Waals surface area contributed by atoms with Crippen LogP contribution in [0.15, 0.2) is 0 Å². The average Bonchev–Trinajstić information content (AvgIpc) is 2.46. The van der Waals surface area contributed by atoms with Crippen molar-refractivity contribution >= 4 is 18.3 Å². The zero-order valence-electron chi connectivity index (χ0n) is 12.1. The largest absolute Gasteiger partial charge is 0.356 e. The number of piperidine rings is 1. The Morgan fingerprint density at radius 3 is 2.21 bits per heavy atom. The number of carbonyl (C=O) groups excluding carboxylic acids is 1. The van der Waals surface area contributed by atoms with Gasteiger partial charge in [0.15, 0.2) is 0 Å². The Morgan fingerprint density at radius 2 is 1.63 bits per heavy atom. The molecule has 0 bridgehead atoms. The van der Waals surface area contributed by atoms with Crippen molar-refractivity contribution in [3.05, 3.63) is 0 Å². The van der Waals surface area contributed by atoms with Crippen LogP contribution in [-0.2, 0) is 4.79 Å². The zero-order valence-corrected chi connectivity index (χ0v) is 12.9. The molecule has 1 heterocycles. The fraction of sp³-hybridized carbons (Fsp3) is 0.933. The van der Waals surface area contributed by atoms with Gasteiger partial charge in [-0.05, 0) is 50.6 Å². The van der Waals surface area contributed by atoms with Crippen LogP contribution in [-0.4, -0.2) is 25.5 Å². The first-order valence-corrected chi connectivity index (χ1v) is 7.78. The molecule has 1 saturated carbocycles.